The number of para-hydroxylation sites is 1. The van der Waals surface area contributed by atoms with Crippen LogP contribution in [-0.2, 0) is 6.54 Å². The van der Waals surface area contributed by atoms with E-state index in [1.807, 2.05) is 43.3 Å². The number of halogens is 1. The zero-order chi connectivity index (χ0) is 21.7. The fraction of sp³-hybridized carbons (Fsp3) is 0.240. The Morgan fingerprint density at radius 3 is 2.57 bits per heavy atom. The van der Waals surface area contributed by atoms with Crippen LogP contribution in [-0.4, -0.2) is 29.6 Å². The molecule has 0 heterocycles. The first-order valence-corrected chi connectivity index (χ1v) is 9.94. The summed E-state index contributed by atoms with van der Waals surface area (Å²) in [6.45, 7) is 4.47. The number of hydrogen-bond acceptors (Lipinski definition) is 3. The van der Waals surface area contributed by atoms with Crippen molar-refractivity contribution in [1.29, 1.82) is 0 Å². The van der Waals surface area contributed by atoms with E-state index in [1.165, 1.54) is 12.1 Å². The minimum absolute atomic E-state index is 0.267. The van der Waals surface area contributed by atoms with Gasteiger partial charge in [-0.1, -0.05) is 36.4 Å². The van der Waals surface area contributed by atoms with Gasteiger partial charge in [-0.3, -0.25) is 4.79 Å². The van der Waals surface area contributed by atoms with Gasteiger partial charge in [0, 0.05) is 24.7 Å². The summed E-state index contributed by atoms with van der Waals surface area (Å²) < 4.78 is 20.0. The second kappa shape index (κ2) is 9.55. The molecule has 0 aliphatic rings. The molecular formula is C25H26FNO3. The molecule has 5 heteroatoms. The largest absolute Gasteiger partial charge is 0.494 e. The minimum atomic E-state index is -0.629. The summed E-state index contributed by atoms with van der Waals surface area (Å²) in [6.07, 6.45) is -0.629. The lowest BCUT2D eigenvalue weighted by molar-refractivity contribution is 0.0783. The maximum Gasteiger partial charge on any atom is 0.254 e. The van der Waals surface area contributed by atoms with Crippen LogP contribution in [0.25, 0.3) is 11.1 Å². The third kappa shape index (κ3) is 5.05. The normalized spacial score (nSPS) is 11.8. The van der Waals surface area contributed by atoms with Gasteiger partial charge in [-0.05, 0) is 60.9 Å². The van der Waals surface area contributed by atoms with E-state index in [4.69, 9.17) is 4.74 Å². The lowest BCUT2D eigenvalue weighted by Gasteiger charge is -2.20. The molecule has 30 heavy (non-hydrogen) atoms. The van der Waals surface area contributed by atoms with Crippen LogP contribution in [0.15, 0.2) is 66.7 Å². The van der Waals surface area contributed by atoms with Crippen molar-refractivity contribution in [3.8, 4) is 16.9 Å². The Kier molecular flexibility index (Phi) is 6.85. The highest BCUT2D eigenvalue weighted by Gasteiger charge is 2.16. The Morgan fingerprint density at radius 1 is 1.07 bits per heavy atom. The number of aliphatic hydroxyl groups excluding tert-OH is 1. The van der Waals surface area contributed by atoms with Crippen LogP contribution in [0.4, 0.5) is 4.39 Å². The summed E-state index contributed by atoms with van der Waals surface area (Å²) in [6, 6.07) is 19.1. The lowest BCUT2D eigenvalue weighted by atomic mass is 9.99. The first-order valence-electron chi connectivity index (χ1n) is 9.94. The Morgan fingerprint density at radius 2 is 1.83 bits per heavy atom. The SMILES string of the molecule is CCOc1ccccc1CN(C)C(=O)c1cc(F)cc(-c2cccc(C(C)O)c2)c1. The Bertz CT molecular complexity index is 1030. The third-order valence-corrected chi connectivity index (χ3v) is 4.87. The van der Waals surface area contributed by atoms with Gasteiger partial charge in [0.1, 0.15) is 11.6 Å². The van der Waals surface area contributed by atoms with Crippen molar-refractivity contribution in [1.82, 2.24) is 4.90 Å². The molecule has 0 aromatic heterocycles. The molecular weight excluding hydrogens is 381 g/mol. The van der Waals surface area contributed by atoms with E-state index in [-0.39, 0.29) is 11.5 Å². The highest BCUT2D eigenvalue weighted by molar-refractivity contribution is 5.95. The van der Waals surface area contributed by atoms with Crippen LogP contribution in [0, 0.1) is 5.82 Å². The second-order valence-corrected chi connectivity index (χ2v) is 7.23. The first-order chi connectivity index (χ1) is 14.4. The zero-order valence-electron chi connectivity index (χ0n) is 17.4. The number of carbonyl (C=O) groups excluding carboxylic acids is 1. The summed E-state index contributed by atoms with van der Waals surface area (Å²) >= 11 is 0. The Hall–Kier alpha value is -3.18. The molecule has 1 unspecified atom stereocenters. The molecule has 0 saturated heterocycles. The van der Waals surface area contributed by atoms with E-state index < -0.39 is 11.9 Å². The number of carbonyl (C=O) groups is 1. The van der Waals surface area contributed by atoms with Crippen LogP contribution < -0.4 is 4.74 Å². The number of hydrogen-bond donors (Lipinski definition) is 1. The molecule has 0 saturated carbocycles. The van der Waals surface area contributed by atoms with Crippen molar-refractivity contribution in [2.24, 2.45) is 0 Å². The Balaban J connectivity index is 1.87. The molecule has 3 aromatic carbocycles. The summed E-state index contributed by atoms with van der Waals surface area (Å²) in [5.74, 6) is -0.0373. The van der Waals surface area contributed by atoms with E-state index in [2.05, 4.69) is 0 Å². The predicted octanol–water partition coefficient (Wildman–Crippen LogP) is 5.22. The monoisotopic (exact) mass is 407 g/mol. The predicted molar refractivity (Wildman–Crippen MR) is 116 cm³/mol. The summed E-state index contributed by atoms with van der Waals surface area (Å²) in [5.41, 5.74) is 3.21. The second-order valence-electron chi connectivity index (χ2n) is 7.23. The van der Waals surface area contributed by atoms with E-state index in [0.717, 1.165) is 22.4 Å². The fourth-order valence-electron chi connectivity index (χ4n) is 3.34. The Labute approximate surface area is 176 Å². The van der Waals surface area contributed by atoms with Crippen molar-refractivity contribution >= 4 is 5.91 Å². The van der Waals surface area contributed by atoms with Crippen molar-refractivity contribution in [3.05, 3.63) is 89.2 Å². The fourth-order valence-corrected chi connectivity index (χ4v) is 3.34. The molecule has 3 rings (SSSR count). The lowest BCUT2D eigenvalue weighted by Crippen LogP contribution is -2.26. The molecule has 0 bridgehead atoms. The summed E-state index contributed by atoms with van der Waals surface area (Å²) in [4.78, 5) is 14.6. The van der Waals surface area contributed by atoms with Gasteiger partial charge < -0.3 is 14.7 Å². The van der Waals surface area contributed by atoms with E-state index in [1.54, 1.807) is 37.1 Å². The molecule has 1 amide bonds. The van der Waals surface area contributed by atoms with Gasteiger partial charge in [-0.25, -0.2) is 4.39 Å². The van der Waals surface area contributed by atoms with Gasteiger partial charge in [0.05, 0.1) is 12.7 Å². The molecule has 0 radical (unpaired) electrons. The van der Waals surface area contributed by atoms with Gasteiger partial charge in [-0.15, -0.1) is 0 Å². The van der Waals surface area contributed by atoms with E-state index in [9.17, 15) is 14.3 Å². The van der Waals surface area contributed by atoms with Crippen LogP contribution in [0.5, 0.6) is 5.75 Å². The van der Waals surface area contributed by atoms with Crippen LogP contribution >= 0.6 is 0 Å². The van der Waals surface area contributed by atoms with Crippen LogP contribution in [0.3, 0.4) is 0 Å². The zero-order valence-corrected chi connectivity index (χ0v) is 17.4. The van der Waals surface area contributed by atoms with Gasteiger partial charge in [-0.2, -0.15) is 0 Å². The highest BCUT2D eigenvalue weighted by atomic mass is 19.1. The van der Waals surface area contributed by atoms with Gasteiger partial charge in [0.25, 0.3) is 5.91 Å². The first kappa shape index (κ1) is 21.5. The number of rotatable bonds is 7. The van der Waals surface area contributed by atoms with E-state index >= 15 is 0 Å². The number of benzene rings is 3. The number of ether oxygens (including phenoxy) is 1. The number of amides is 1. The highest BCUT2D eigenvalue weighted by Crippen LogP contribution is 2.26. The molecule has 0 spiro atoms. The van der Waals surface area contributed by atoms with Crippen molar-refractivity contribution in [2.45, 2.75) is 26.5 Å². The standard InChI is InChI=1S/C25H26FNO3/c1-4-30-24-11-6-5-8-20(24)16-27(3)25(29)22-13-21(14-23(26)15-22)19-10-7-9-18(12-19)17(2)28/h5-15,17,28H,4,16H2,1-3H3. The van der Waals surface area contributed by atoms with E-state index in [0.29, 0.717) is 18.7 Å². The molecule has 0 fully saturated rings. The van der Waals surface area contributed by atoms with Crippen LogP contribution in [0.1, 0.15) is 41.4 Å². The molecule has 1 atom stereocenters. The molecule has 156 valence electrons. The molecule has 1 N–H and O–H groups in total. The summed E-state index contributed by atoms with van der Waals surface area (Å²) in [5, 5.41) is 9.82. The van der Waals surface area contributed by atoms with Gasteiger partial charge in [0.2, 0.25) is 0 Å². The van der Waals surface area contributed by atoms with Crippen molar-refractivity contribution in [3.63, 3.8) is 0 Å². The quantitative estimate of drug-likeness (QED) is 0.584. The average molecular weight is 407 g/mol. The number of nitrogens with zero attached hydrogens (tertiary/aromatic N) is 1. The van der Waals surface area contributed by atoms with Gasteiger partial charge in [0.15, 0.2) is 0 Å². The third-order valence-electron chi connectivity index (χ3n) is 4.87. The molecule has 0 aliphatic heterocycles. The molecule has 4 nitrogen and oxygen atoms in total. The van der Waals surface area contributed by atoms with Gasteiger partial charge >= 0.3 is 0 Å². The smallest absolute Gasteiger partial charge is 0.254 e. The minimum Gasteiger partial charge on any atom is -0.494 e. The average Bonchev–Trinajstić information content (AvgIpc) is 2.74. The molecule has 3 aromatic rings. The number of aliphatic hydroxyl groups is 1. The maximum absolute atomic E-state index is 14.3. The molecule has 0 aliphatic carbocycles. The van der Waals surface area contributed by atoms with Crippen LogP contribution in [0.2, 0.25) is 0 Å². The summed E-state index contributed by atoms with van der Waals surface area (Å²) in [7, 11) is 1.68. The van der Waals surface area contributed by atoms with Crippen molar-refractivity contribution < 1.29 is 19.0 Å². The topological polar surface area (TPSA) is 49.8 Å². The van der Waals surface area contributed by atoms with Crippen molar-refractivity contribution in [2.75, 3.05) is 13.7 Å². The maximum atomic E-state index is 14.3.